The number of hydrogen-bond donors (Lipinski definition) is 1. The summed E-state index contributed by atoms with van der Waals surface area (Å²) < 4.78 is 25.8. The summed E-state index contributed by atoms with van der Waals surface area (Å²) in [4.78, 5) is 12.7. The molecule has 0 heterocycles. The van der Waals surface area contributed by atoms with Gasteiger partial charge in [0.1, 0.15) is 6.54 Å². The molecule has 5 nitrogen and oxygen atoms in total. The molecule has 4 saturated carbocycles. The molecule has 0 aliphatic heterocycles. The second-order valence-corrected chi connectivity index (χ2v) is 12.3. The number of nitrogens with one attached hydrogen (secondary N) is 1. The zero-order chi connectivity index (χ0) is 22.5. The van der Waals surface area contributed by atoms with E-state index >= 15 is 0 Å². The highest BCUT2D eigenvalue weighted by molar-refractivity contribution is 7.92. The summed E-state index contributed by atoms with van der Waals surface area (Å²) in [5.74, 6) is 2.33. The van der Waals surface area contributed by atoms with Gasteiger partial charge < -0.3 is 5.32 Å². The van der Waals surface area contributed by atoms with Gasteiger partial charge in [-0.05, 0) is 104 Å². The number of sulfonamides is 1. The van der Waals surface area contributed by atoms with E-state index in [1.54, 1.807) is 18.2 Å². The highest BCUT2D eigenvalue weighted by Gasteiger charge is 2.51. The largest absolute Gasteiger partial charge is 0.325 e. The van der Waals surface area contributed by atoms with Gasteiger partial charge in [-0.2, -0.15) is 0 Å². The lowest BCUT2D eigenvalue weighted by atomic mass is 9.48. The van der Waals surface area contributed by atoms with Crippen LogP contribution in [0, 0.1) is 24.7 Å². The fourth-order valence-corrected chi connectivity index (χ4v) is 7.73. The Bertz CT molecular complexity index is 1090. The Hall–Kier alpha value is -2.34. The van der Waals surface area contributed by atoms with Gasteiger partial charge in [0, 0.05) is 5.69 Å². The van der Waals surface area contributed by atoms with E-state index in [1.165, 1.54) is 44.1 Å². The van der Waals surface area contributed by atoms with E-state index in [0.717, 1.165) is 33.9 Å². The number of aryl methyl sites for hydroxylation is 1. The molecule has 6 heteroatoms. The number of carbonyl (C=O) groups excluding carboxylic acids is 1. The van der Waals surface area contributed by atoms with Crippen molar-refractivity contribution in [2.45, 2.75) is 50.9 Å². The molecule has 0 unspecified atom stereocenters. The van der Waals surface area contributed by atoms with Crippen LogP contribution in [-0.2, 0) is 20.2 Å². The quantitative estimate of drug-likeness (QED) is 0.680. The Morgan fingerprint density at radius 1 is 1.00 bits per heavy atom. The van der Waals surface area contributed by atoms with Crippen molar-refractivity contribution in [2.24, 2.45) is 17.8 Å². The number of anilines is 2. The number of rotatable bonds is 6. The van der Waals surface area contributed by atoms with E-state index in [4.69, 9.17) is 0 Å². The molecule has 170 valence electrons. The highest BCUT2D eigenvalue weighted by Crippen LogP contribution is 2.60. The smallest absolute Gasteiger partial charge is 0.245 e. The van der Waals surface area contributed by atoms with Crippen molar-refractivity contribution >= 4 is 27.3 Å². The molecule has 1 N–H and O–H groups in total. The van der Waals surface area contributed by atoms with Crippen molar-refractivity contribution in [2.75, 3.05) is 22.4 Å². The molecule has 0 atom stereocenters. The first-order valence-electron chi connectivity index (χ1n) is 11.6. The third-order valence-corrected chi connectivity index (χ3v) is 8.94. The summed E-state index contributed by atoms with van der Waals surface area (Å²) in [6, 6.07) is 15.5. The number of amides is 1. The van der Waals surface area contributed by atoms with Crippen molar-refractivity contribution in [1.82, 2.24) is 0 Å². The molecule has 32 heavy (non-hydrogen) atoms. The normalized spacial score (nSPS) is 28.5. The van der Waals surface area contributed by atoms with Crippen molar-refractivity contribution in [3.63, 3.8) is 0 Å². The van der Waals surface area contributed by atoms with Gasteiger partial charge in [-0.1, -0.05) is 24.3 Å². The van der Waals surface area contributed by atoms with Crippen LogP contribution in [0.2, 0.25) is 0 Å². The first kappa shape index (κ1) is 21.5. The number of benzene rings is 2. The minimum absolute atomic E-state index is 0.251. The summed E-state index contributed by atoms with van der Waals surface area (Å²) in [5.41, 5.74) is 3.89. The average Bonchev–Trinajstić information content (AvgIpc) is 2.71. The minimum Gasteiger partial charge on any atom is -0.325 e. The van der Waals surface area contributed by atoms with Crippen LogP contribution in [0.1, 0.15) is 49.7 Å². The van der Waals surface area contributed by atoms with Crippen LogP contribution in [0.4, 0.5) is 11.4 Å². The van der Waals surface area contributed by atoms with Crippen LogP contribution < -0.4 is 9.62 Å². The van der Waals surface area contributed by atoms with Crippen LogP contribution in [0.25, 0.3) is 0 Å². The van der Waals surface area contributed by atoms with Crippen molar-refractivity contribution in [3.05, 3.63) is 59.7 Å². The maximum absolute atomic E-state index is 12.7. The lowest BCUT2D eigenvalue weighted by Gasteiger charge is -2.57. The first-order valence-corrected chi connectivity index (χ1v) is 13.5. The fraction of sp³-hybridized carbons (Fsp3) is 0.500. The fourth-order valence-electron chi connectivity index (χ4n) is 6.89. The van der Waals surface area contributed by atoms with Gasteiger partial charge in [-0.25, -0.2) is 8.42 Å². The molecule has 4 fully saturated rings. The molecule has 1 amide bonds. The molecule has 4 aliphatic rings. The van der Waals surface area contributed by atoms with Gasteiger partial charge in [0.15, 0.2) is 0 Å². The van der Waals surface area contributed by atoms with Gasteiger partial charge in [0.05, 0.1) is 11.9 Å². The first-order chi connectivity index (χ1) is 15.2. The summed E-state index contributed by atoms with van der Waals surface area (Å²) in [6.45, 7) is 1.65. The standard InChI is InChI=1S/C26H32N2O3S/c1-18-4-3-5-24(10-18)28(32(2,30)31)17-25(29)27-23-8-6-22(7-9-23)26-14-19-11-20(15-26)13-21(12-19)16-26/h3-10,19-21H,11-17H2,1-2H3,(H,27,29). The third kappa shape index (κ3) is 4.17. The molecule has 0 saturated heterocycles. The van der Waals surface area contributed by atoms with Crippen LogP contribution in [-0.4, -0.2) is 27.1 Å². The summed E-state index contributed by atoms with van der Waals surface area (Å²) in [7, 11) is -3.58. The van der Waals surface area contributed by atoms with Crippen molar-refractivity contribution in [1.29, 1.82) is 0 Å². The Balaban J connectivity index is 1.29. The Morgan fingerprint density at radius 3 is 2.12 bits per heavy atom. The van der Waals surface area contributed by atoms with Crippen LogP contribution in [0.3, 0.4) is 0 Å². The predicted molar refractivity (Wildman–Crippen MR) is 128 cm³/mol. The summed E-state index contributed by atoms with van der Waals surface area (Å²) >= 11 is 0. The van der Waals surface area contributed by atoms with E-state index < -0.39 is 10.0 Å². The maximum atomic E-state index is 12.7. The third-order valence-electron chi connectivity index (χ3n) is 7.80. The molecule has 0 spiro atoms. The number of nitrogens with zero attached hydrogens (tertiary/aromatic N) is 1. The maximum Gasteiger partial charge on any atom is 0.245 e. The van der Waals surface area contributed by atoms with Gasteiger partial charge >= 0.3 is 0 Å². The second kappa shape index (κ2) is 7.91. The molecular formula is C26H32N2O3S. The van der Waals surface area contributed by atoms with Gasteiger partial charge in [0.25, 0.3) is 0 Å². The second-order valence-electron chi connectivity index (χ2n) is 10.4. The average molecular weight is 453 g/mol. The van der Waals surface area contributed by atoms with Crippen LogP contribution in [0.15, 0.2) is 48.5 Å². The van der Waals surface area contributed by atoms with Crippen molar-refractivity contribution < 1.29 is 13.2 Å². The SMILES string of the molecule is Cc1cccc(N(CC(=O)Nc2ccc(C34CC5CC(CC(C5)C3)C4)cc2)S(C)(=O)=O)c1. The molecule has 0 radical (unpaired) electrons. The highest BCUT2D eigenvalue weighted by atomic mass is 32.2. The molecule has 4 aliphatic carbocycles. The van der Waals surface area contributed by atoms with Gasteiger partial charge in [-0.3, -0.25) is 9.10 Å². The number of hydrogen-bond acceptors (Lipinski definition) is 3. The Kier molecular flexibility index (Phi) is 5.31. The summed E-state index contributed by atoms with van der Waals surface area (Å²) in [5, 5.41) is 2.88. The van der Waals surface area contributed by atoms with E-state index in [2.05, 4.69) is 17.4 Å². The zero-order valence-corrected chi connectivity index (χ0v) is 19.7. The molecule has 0 aromatic heterocycles. The molecule has 2 aromatic carbocycles. The molecule has 2 aromatic rings. The lowest BCUT2D eigenvalue weighted by molar-refractivity contribution is -0.114. The monoisotopic (exact) mass is 452 g/mol. The lowest BCUT2D eigenvalue weighted by Crippen LogP contribution is -2.48. The summed E-state index contributed by atoms with van der Waals surface area (Å²) in [6.07, 6.45) is 9.32. The topological polar surface area (TPSA) is 66.5 Å². The number of carbonyl (C=O) groups is 1. The van der Waals surface area contributed by atoms with Crippen molar-refractivity contribution in [3.8, 4) is 0 Å². The van der Waals surface area contributed by atoms with Crippen LogP contribution >= 0.6 is 0 Å². The minimum atomic E-state index is -3.58. The Morgan fingerprint density at radius 2 is 1.59 bits per heavy atom. The van der Waals surface area contributed by atoms with E-state index in [1.807, 2.05) is 25.1 Å². The predicted octanol–water partition coefficient (Wildman–Crippen LogP) is 4.87. The Labute approximate surface area is 191 Å². The van der Waals surface area contributed by atoms with E-state index in [-0.39, 0.29) is 12.5 Å². The van der Waals surface area contributed by atoms with Gasteiger partial charge in [-0.15, -0.1) is 0 Å². The molecular weight excluding hydrogens is 420 g/mol. The van der Waals surface area contributed by atoms with Crippen LogP contribution in [0.5, 0.6) is 0 Å². The zero-order valence-electron chi connectivity index (χ0n) is 18.9. The van der Waals surface area contributed by atoms with E-state index in [0.29, 0.717) is 16.8 Å². The van der Waals surface area contributed by atoms with Gasteiger partial charge in [0.2, 0.25) is 15.9 Å². The molecule has 6 rings (SSSR count). The van der Waals surface area contributed by atoms with E-state index in [9.17, 15) is 13.2 Å². The molecule has 4 bridgehead atoms.